The molecular formula is C25H30ClN5O3. The Labute approximate surface area is 204 Å². The molecule has 2 aromatic carbocycles. The molecule has 180 valence electrons. The van der Waals surface area contributed by atoms with Crippen LogP contribution in [0.2, 0.25) is 5.02 Å². The fourth-order valence-corrected chi connectivity index (χ4v) is 4.49. The van der Waals surface area contributed by atoms with Crippen molar-refractivity contribution in [2.75, 3.05) is 51.1 Å². The maximum Gasteiger partial charge on any atom is 0.243 e. The van der Waals surface area contributed by atoms with E-state index < -0.39 is 6.04 Å². The molecule has 2 saturated heterocycles. The van der Waals surface area contributed by atoms with Crippen molar-refractivity contribution >= 4 is 35.0 Å². The predicted octanol–water partition coefficient (Wildman–Crippen LogP) is 1.81. The van der Waals surface area contributed by atoms with E-state index in [1.807, 2.05) is 18.2 Å². The summed E-state index contributed by atoms with van der Waals surface area (Å²) in [7, 11) is 0. The van der Waals surface area contributed by atoms with Crippen LogP contribution in [-0.4, -0.2) is 84.3 Å². The average molecular weight is 484 g/mol. The van der Waals surface area contributed by atoms with Crippen molar-refractivity contribution in [2.45, 2.75) is 19.0 Å². The van der Waals surface area contributed by atoms with E-state index >= 15 is 0 Å². The molecule has 2 aliphatic heterocycles. The van der Waals surface area contributed by atoms with E-state index in [1.54, 1.807) is 29.2 Å². The molecule has 0 unspecified atom stereocenters. The highest BCUT2D eigenvalue weighted by Gasteiger charge is 2.35. The number of hydrogen-bond donors (Lipinski definition) is 2. The molecule has 0 aliphatic carbocycles. The lowest BCUT2D eigenvalue weighted by Gasteiger charge is -2.38. The van der Waals surface area contributed by atoms with Gasteiger partial charge in [-0.2, -0.15) is 0 Å². The normalized spacial score (nSPS) is 19.5. The number of rotatable bonds is 7. The first kappa shape index (κ1) is 24.2. The molecular weight excluding hydrogens is 454 g/mol. The minimum absolute atomic E-state index is 0.0922. The smallest absolute Gasteiger partial charge is 0.243 e. The van der Waals surface area contributed by atoms with Gasteiger partial charge in [0.2, 0.25) is 17.7 Å². The molecule has 4 rings (SSSR count). The van der Waals surface area contributed by atoms with Gasteiger partial charge in [-0.15, -0.1) is 0 Å². The van der Waals surface area contributed by atoms with Crippen LogP contribution in [-0.2, 0) is 20.9 Å². The number of hydrogen-bond acceptors (Lipinski definition) is 5. The number of halogens is 1. The number of nitrogens with one attached hydrogen (secondary N) is 2. The summed E-state index contributed by atoms with van der Waals surface area (Å²) in [6.07, 6.45) is -0.0922. The van der Waals surface area contributed by atoms with Crippen LogP contribution in [0.4, 0.5) is 5.69 Å². The van der Waals surface area contributed by atoms with Gasteiger partial charge in [0.25, 0.3) is 0 Å². The van der Waals surface area contributed by atoms with Crippen LogP contribution in [0.15, 0.2) is 54.6 Å². The van der Waals surface area contributed by atoms with Crippen LogP contribution in [0, 0.1) is 0 Å². The summed E-state index contributed by atoms with van der Waals surface area (Å²) in [6, 6.07) is 16.3. The topological polar surface area (TPSA) is 85.0 Å². The van der Waals surface area contributed by atoms with Gasteiger partial charge in [0, 0.05) is 56.5 Å². The first-order chi connectivity index (χ1) is 16.5. The van der Waals surface area contributed by atoms with Gasteiger partial charge in [-0.3, -0.25) is 24.2 Å². The largest absolute Gasteiger partial charge is 0.353 e. The third-order valence-electron chi connectivity index (χ3n) is 6.23. The van der Waals surface area contributed by atoms with E-state index in [2.05, 4.69) is 32.6 Å². The molecule has 2 aromatic rings. The van der Waals surface area contributed by atoms with Crippen LogP contribution in [0.25, 0.3) is 0 Å². The Morgan fingerprint density at radius 2 is 1.62 bits per heavy atom. The fraction of sp³-hybridized carbons (Fsp3) is 0.400. The number of benzene rings is 2. The van der Waals surface area contributed by atoms with E-state index in [0.717, 1.165) is 32.7 Å². The minimum atomic E-state index is -0.812. The van der Waals surface area contributed by atoms with Gasteiger partial charge in [-0.1, -0.05) is 41.9 Å². The van der Waals surface area contributed by atoms with Crippen LogP contribution >= 0.6 is 11.6 Å². The zero-order valence-electron chi connectivity index (χ0n) is 19.1. The third-order valence-corrected chi connectivity index (χ3v) is 6.48. The molecule has 0 bridgehead atoms. The number of anilines is 1. The lowest BCUT2D eigenvalue weighted by atomic mass is 10.1. The van der Waals surface area contributed by atoms with Gasteiger partial charge in [0.15, 0.2) is 0 Å². The maximum absolute atomic E-state index is 13.1. The Hall–Kier alpha value is -2.94. The van der Waals surface area contributed by atoms with Crippen LogP contribution in [0.3, 0.4) is 0 Å². The molecule has 3 amide bonds. The Kier molecular flexibility index (Phi) is 8.16. The van der Waals surface area contributed by atoms with Gasteiger partial charge >= 0.3 is 0 Å². The molecule has 0 saturated carbocycles. The number of nitrogens with zero attached hydrogens (tertiary/aromatic N) is 3. The highest BCUT2D eigenvalue weighted by molar-refractivity contribution is 6.30. The van der Waals surface area contributed by atoms with Gasteiger partial charge < -0.3 is 15.5 Å². The third kappa shape index (κ3) is 6.56. The Bertz CT molecular complexity index is 993. The summed E-state index contributed by atoms with van der Waals surface area (Å²) in [5.41, 5.74) is 1.88. The van der Waals surface area contributed by atoms with E-state index in [0.29, 0.717) is 23.8 Å². The zero-order chi connectivity index (χ0) is 23.9. The summed E-state index contributed by atoms with van der Waals surface area (Å²) >= 11 is 5.88. The second kappa shape index (κ2) is 11.5. The fourth-order valence-electron chi connectivity index (χ4n) is 4.37. The Morgan fingerprint density at radius 3 is 2.32 bits per heavy atom. The molecule has 2 fully saturated rings. The van der Waals surface area contributed by atoms with Crippen LogP contribution < -0.4 is 10.6 Å². The molecule has 0 radical (unpaired) electrons. The lowest BCUT2D eigenvalue weighted by molar-refractivity contribution is -0.145. The van der Waals surface area contributed by atoms with Crippen molar-refractivity contribution in [2.24, 2.45) is 0 Å². The highest BCUT2D eigenvalue weighted by Crippen LogP contribution is 2.16. The summed E-state index contributed by atoms with van der Waals surface area (Å²) in [4.78, 5) is 44.3. The molecule has 9 heteroatoms. The maximum atomic E-state index is 13.1. The van der Waals surface area contributed by atoms with Crippen LogP contribution in [0.5, 0.6) is 0 Å². The van der Waals surface area contributed by atoms with Crippen molar-refractivity contribution in [3.63, 3.8) is 0 Å². The SMILES string of the molecule is O=C(C[C@@H]1C(=O)NCCN1C(=O)CN1CCN(Cc2ccccc2)CC1)Nc1ccc(Cl)cc1. The van der Waals surface area contributed by atoms with E-state index in [1.165, 1.54) is 5.56 Å². The molecule has 34 heavy (non-hydrogen) atoms. The number of carbonyl (C=O) groups excluding carboxylic acids is 3. The molecule has 2 aliphatic rings. The average Bonchev–Trinajstić information content (AvgIpc) is 2.84. The minimum Gasteiger partial charge on any atom is -0.353 e. The van der Waals surface area contributed by atoms with Gasteiger partial charge in [-0.05, 0) is 29.8 Å². The Balaban J connectivity index is 1.29. The van der Waals surface area contributed by atoms with E-state index in [4.69, 9.17) is 11.6 Å². The van der Waals surface area contributed by atoms with Gasteiger partial charge in [0.05, 0.1) is 13.0 Å². The summed E-state index contributed by atoms with van der Waals surface area (Å²) < 4.78 is 0. The summed E-state index contributed by atoms with van der Waals surface area (Å²) in [5, 5.41) is 6.12. The first-order valence-electron chi connectivity index (χ1n) is 11.6. The van der Waals surface area contributed by atoms with Crippen LogP contribution in [0.1, 0.15) is 12.0 Å². The molecule has 0 spiro atoms. The Morgan fingerprint density at radius 1 is 0.941 bits per heavy atom. The standard InChI is InChI=1S/C25H30ClN5O3/c26-20-6-8-21(9-7-20)28-23(32)16-22-25(34)27-10-11-31(22)24(33)18-30-14-12-29(13-15-30)17-19-4-2-1-3-5-19/h1-9,22H,10-18H2,(H,27,34)(H,28,32)/t22-/m1/s1. The number of piperazine rings is 2. The molecule has 1 atom stereocenters. The number of carbonyl (C=O) groups is 3. The van der Waals surface area contributed by atoms with Crippen molar-refractivity contribution in [3.05, 3.63) is 65.2 Å². The molecule has 2 N–H and O–H groups in total. The molecule has 8 nitrogen and oxygen atoms in total. The lowest BCUT2D eigenvalue weighted by Crippen LogP contribution is -2.60. The van der Waals surface area contributed by atoms with Crippen molar-refractivity contribution < 1.29 is 14.4 Å². The highest BCUT2D eigenvalue weighted by atomic mass is 35.5. The van der Waals surface area contributed by atoms with E-state index in [-0.39, 0.29) is 30.7 Å². The molecule has 0 aromatic heterocycles. The predicted molar refractivity (Wildman–Crippen MR) is 131 cm³/mol. The van der Waals surface area contributed by atoms with Gasteiger partial charge in [-0.25, -0.2) is 0 Å². The van der Waals surface area contributed by atoms with Crippen molar-refractivity contribution in [1.82, 2.24) is 20.0 Å². The van der Waals surface area contributed by atoms with Gasteiger partial charge in [0.1, 0.15) is 6.04 Å². The number of amides is 3. The second-order valence-corrected chi connectivity index (χ2v) is 9.13. The first-order valence-corrected chi connectivity index (χ1v) is 12.0. The monoisotopic (exact) mass is 483 g/mol. The quantitative estimate of drug-likeness (QED) is 0.627. The zero-order valence-corrected chi connectivity index (χ0v) is 19.8. The second-order valence-electron chi connectivity index (χ2n) is 8.69. The van der Waals surface area contributed by atoms with Crippen molar-refractivity contribution in [1.29, 1.82) is 0 Å². The summed E-state index contributed by atoms with van der Waals surface area (Å²) in [5.74, 6) is -0.731. The summed E-state index contributed by atoms with van der Waals surface area (Å²) in [6.45, 7) is 5.30. The van der Waals surface area contributed by atoms with Crippen molar-refractivity contribution in [3.8, 4) is 0 Å². The molecule has 2 heterocycles. The van der Waals surface area contributed by atoms with E-state index in [9.17, 15) is 14.4 Å².